The molecule has 1 N–H and O–H groups in total. The summed E-state index contributed by atoms with van der Waals surface area (Å²) < 4.78 is 4.63. The van der Waals surface area contributed by atoms with E-state index in [-0.39, 0.29) is 35.1 Å². The van der Waals surface area contributed by atoms with Gasteiger partial charge in [-0.15, -0.1) is 18.3 Å². The molecule has 3 saturated heterocycles. The van der Waals surface area contributed by atoms with E-state index in [2.05, 4.69) is 29.1 Å². The lowest BCUT2D eigenvalue weighted by atomic mass is 9.71. The summed E-state index contributed by atoms with van der Waals surface area (Å²) in [4.78, 5) is 44.5. The molecule has 3 aliphatic heterocycles. The summed E-state index contributed by atoms with van der Waals surface area (Å²) in [6.07, 6.45) is 4.28. The maximum absolute atomic E-state index is 14.2. The number of alkyl halides is 1. The molecule has 3 fully saturated rings. The first-order valence-corrected chi connectivity index (χ1v) is 13.2. The van der Waals surface area contributed by atoms with Crippen LogP contribution in [-0.4, -0.2) is 84.9 Å². The monoisotopic (exact) mass is 542 g/mol. The average Bonchev–Trinajstić information content (AvgIpc) is 3.34. The van der Waals surface area contributed by atoms with Gasteiger partial charge >= 0.3 is 5.97 Å². The van der Waals surface area contributed by atoms with Gasteiger partial charge in [0.1, 0.15) is 12.6 Å². The summed E-state index contributed by atoms with van der Waals surface area (Å²) in [5.41, 5.74) is -0.493. The van der Waals surface area contributed by atoms with Crippen LogP contribution in [-0.2, 0) is 19.1 Å². The highest BCUT2D eigenvalue weighted by Crippen LogP contribution is 2.68. The fraction of sp³-hybridized carbons (Fsp3) is 0.708. The van der Waals surface area contributed by atoms with Gasteiger partial charge in [0.2, 0.25) is 11.8 Å². The zero-order chi connectivity index (χ0) is 24.7. The lowest BCUT2D eigenvalue weighted by Gasteiger charge is -2.43. The SMILES string of the molecule is C=CCOC(=O)[C@H]1[C@H]2C(=O)N([C@@H](CC)CO)C(C(=O)N(CC=C)C(C)(C)C)C23CC(Br)[C@@H]1S3. The van der Waals surface area contributed by atoms with Crippen LogP contribution in [0.5, 0.6) is 0 Å². The Morgan fingerprint density at radius 2 is 2.06 bits per heavy atom. The first-order valence-electron chi connectivity index (χ1n) is 11.4. The number of carbonyl (C=O) groups is 3. The minimum Gasteiger partial charge on any atom is -0.461 e. The smallest absolute Gasteiger partial charge is 0.311 e. The number of esters is 1. The van der Waals surface area contributed by atoms with E-state index in [1.807, 2.05) is 27.7 Å². The lowest BCUT2D eigenvalue weighted by molar-refractivity contribution is -0.153. The third-order valence-corrected chi connectivity index (χ3v) is 10.3. The van der Waals surface area contributed by atoms with E-state index in [0.717, 1.165) is 0 Å². The molecule has 0 aromatic carbocycles. The second-order valence-electron chi connectivity index (χ2n) is 9.98. The van der Waals surface area contributed by atoms with Crippen LogP contribution in [0, 0.1) is 11.8 Å². The zero-order valence-electron chi connectivity index (χ0n) is 19.8. The second kappa shape index (κ2) is 9.74. The molecule has 33 heavy (non-hydrogen) atoms. The third-order valence-electron chi connectivity index (χ3n) is 7.04. The third kappa shape index (κ3) is 4.18. The van der Waals surface area contributed by atoms with Crippen LogP contribution in [0.1, 0.15) is 40.5 Å². The summed E-state index contributed by atoms with van der Waals surface area (Å²) in [5.74, 6) is -2.16. The Morgan fingerprint density at radius 1 is 1.39 bits per heavy atom. The molecular weight excluding hydrogens is 508 g/mol. The van der Waals surface area contributed by atoms with Crippen LogP contribution in [0.15, 0.2) is 25.3 Å². The average molecular weight is 544 g/mol. The van der Waals surface area contributed by atoms with E-state index in [4.69, 9.17) is 4.74 Å². The predicted octanol–water partition coefficient (Wildman–Crippen LogP) is 2.76. The van der Waals surface area contributed by atoms with Crippen molar-refractivity contribution in [2.45, 2.75) is 73.0 Å². The van der Waals surface area contributed by atoms with Crippen molar-refractivity contribution in [3.05, 3.63) is 25.3 Å². The number of hydrogen-bond donors (Lipinski definition) is 1. The number of rotatable bonds is 9. The molecule has 3 aliphatic rings. The molecule has 0 aromatic rings. The molecule has 0 saturated carbocycles. The number of halogens is 1. The number of nitrogens with zero attached hydrogens (tertiary/aromatic N) is 2. The highest BCUT2D eigenvalue weighted by molar-refractivity contribution is 9.09. The van der Waals surface area contributed by atoms with Crippen molar-refractivity contribution < 1.29 is 24.2 Å². The fourth-order valence-electron chi connectivity index (χ4n) is 5.63. The first kappa shape index (κ1) is 26.3. The van der Waals surface area contributed by atoms with Crippen molar-refractivity contribution in [3.63, 3.8) is 0 Å². The number of likely N-dealkylation sites (tertiary alicyclic amines) is 1. The molecule has 7 nitrogen and oxygen atoms in total. The molecule has 0 aliphatic carbocycles. The first-order chi connectivity index (χ1) is 15.5. The number of carbonyl (C=O) groups excluding carboxylic acids is 3. The molecule has 9 heteroatoms. The van der Waals surface area contributed by atoms with E-state index in [1.54, 1.807) is 27.6 Å². The standard InChI is InChI=1S/C24H35BrN2O5S/c1-7-10-26(23(4,5)6)21(30)19-24-12-15(25)18(33-24)16(22(31)32-11-8-2)17(24)20(29)27(19)14(9-3)13-28/h7-8,14-19,28H,1-2,9-13H2,3-6H3/t14-,15?,16-,17-,18-,19?,24?/m0/s1. The Morgan fingerprint density at radius 3 is 2.58 bits per heavy atom. The topological polar surface area (TPSA) is 87.1 Å². The van der Waals surface area contributed by atoms with Gasteiger partial charge in [-0.1, -0.05) is 41.6 Å². The quantitative estimate of drug-likeness (QED) is 0.274. The molecule has 0 radical (unpaired) electrons. The number of fused-ring (bicyclic) bond motifs is 1. The number of amides is 2. The summed E-state index contributed by atoms with van der Waals surface area (Å²) in [6, 6.07) is -1.28. The largest absolute Gasteiger partial charge is 0.461 e. The number of aliphatic hydroxyl groups excluding tert-OH is 1. The van der Waals surface area contributed by atoms with Crippen molar-refractivity contribution in [3.8, 4) is 0 Å². The summed E-state index contributed by atoms with van der Waals surface area (Å²) in [6.45, 7) is 15.3. The van der Waals surface area contributed by atoms with Gasteiger partial charge in [0.05, 0.1) is 29.2 Å². The Balaban J connectivity index is 2.13. The normalized spacial score (nSPS) is 33.6. The van der Waals surface area contributed by atoms with Crippen LogP contribution in [0.4, 0.5) is 0 Å². The zero-order valence-corrected chi connectivity index (χ0v) is 22.2. The van der Waals surface area contributed by atoms with Crippen molar-refractivity contribution in [2.24, 2.45) is 11.8 Å². The van der Waals surface area contributed by atoms with Crippen LogP contribution in [0.25, 0.3) is 0 Å². The lowest BCUT2D eigenvalue weighted by Crippen LogP contribution is -2.60. The van der Waals surface area contributed by atoms with Gasteiger partial charge in [-0.05, 0) is 33.6 Å². The second-order valence-corrected chi connectivity index (χ2v) is 12.7. The maximum Gasteiger partial charge on any atom is 0.311 e. The van der Waals surface area contributed by atoms with Gasteiger partial charge in [0, 0.05) is 22.2 Å². The van der Waals surface area contributed by atoms with Crippen molar-refractivity contribution in [2.75, 3.05) is 19.8 Å². The summed E-state index contributed by atoms with van der Waals surface area (Å²) in [5, 5.41) is 9.96. The maximum atomic E-state index is 14.2. The van der Waals surface area contributed by atoms with E-state index in [9.17, 15) is 19.5 Å². The van der Waals surface area contributed by atoms with E-state index in [1.165, 1.54) is 6.08 Å². The molecule has 184 valence electrons. The van der Waals surface area contributed by atoms with Gasteiger partial charge in [0.15, 0.2) is 0 Å². The van der Waals surface area contributed by atoms with E-state index >= 15 is 0 Å². The highest BCUT2D eigenvalue weighted by Gasteiger charge is 2.76. The minimum absolute atomic E-state index is 0.0280. The molecule has 3 heterocycles. The molecule has 2 bridgehead atoms. The molecule has 2 amide bonds. The Hall–Kier alpha value is -1.32. The molecular formula is C24H35BrN2O5S. The van der Waals surface area contributed by atoms with Crippen LogP contribution < -0.4 is 0 Å². The minimum atomic E-state index is -0.779. The number of thioether (sulfide) groups is 1. The van der Waals surface area contributed by atoms with Crippen molar-refractivity contribution in [1.29, 1.82) is 0 Å². The predicted molar refractivity (Wildman–Crippen MR) is 133 cm³/mol. The van der Waals surface area contributed by atoms with Gasteiger partial charge in [-0.25, -0.2) is 0 Å². The fourth-order valence-corrected chi connectivity index (χ4v) is 9.21. The van der Waals surface area contributed by atoms with Crippen LogP contribution in [0.3, 0.4) is 0 Å². The van der Waals surface area contributed by atoms with Gasteiger partial charge in [0.25, 0.3) is 0 Å². The van der Waals surface area contributed by atoms with E-state index < -0.39 is 40.2 Å². The molecule has 3 unspecified atom stereocenters. The number of ether oxygens (including phenoxy) is 1. The van der Waals surface area contributed by atoms with Crippen LogP contribution in [0.2, 0.25) is 0 Å². The van der Waals surface area contributed by atoms with E-state index in [0.29, 0.717) is 19.4 Å². The Labute approximate surface area is 209 Å². The van der Waals surface area contributed by atoms with Gasteiger partial charge in [-0.3, -0.25) is 14.4 Å². The Kier molecular flexibility index (Phi) is 7.76. The molecule has 0 aromatic heterocycles. The summed E-state index contributed by atoms with van der Waals surface area (Å²) in [7, 11) is 0. The number of hydrogen-bond acceptors (Lipinski definition) is 6. The number of aliphatic hydroxyl groups is 1. The summed E-state index contributed by atoms with van der Waals surface area (Å²) >= 11 is 5.29. The molecule has 3 rings (SSSR count). The van der Waals surface area contributed by atoms with Crippen molar-refractivity contribution in [1.82, 2.24) is 9.80 Å². The Bertz CT molecular complexity index is 826. The highest BCUT2D eigenvalue weighted by atomic mass is 79.9. The van der Waals surface area contributed by atoms with Gasteiger partial charge < -0.3 is 19.6 Å². The van der Waals surface area contributed by atoms with Crippen molar-refractivity contribution >= 4 is 45.5 Å². The van der Waals surface area contributed by atoms with Crippen LogP contribution >= 0.6 is 27.7 Å². The van der Waals surface area contributed by atoms with Gasteiger partial charge in [-0.2, -0.15) is 0 Å². The molecule has 7 atom stereocenters. The molecule has 1 spiro atoms.